The molecule has 1 aromatic rings. The second-order valence-electron chi connectivity index (χ2n) is 5.45. The molecule has 2 atom stereocenters. The zero-order valence-corrected chi connectivity index (χ0v) is 12.4. The smallest absolute Gasteiger partial charge is 0.154 e. The molecule has 3 N–H and O–H groups in total. The number of halogens is 1. The Morgan fingerprint density at radius 2 is 2.20 bits per heavy atom. The minimum absolute atomic E-state index is 0.220. The normalized spacial score (nSPS) is 23.4. The summed E-state index contributed by atoms with van der Waals surface area (Å²) in [4.78, 5) is 0. The Kier molecular flexibility index (Phi) is 4.78. The molecule has 1 saturated heterocycles. The SMILES string of the molecule is Cc1ccc(F)cc1CC(NN)C1CCCCS1(=O)=O. The third-order valence-electron chi connectivity index (χ3n) is 4.04. The summed E-state index contributed by atoms with van der Waals surface area (Å²) in [5, 5.41) is -0.482. The second kappa shape index (κ2) is 6.20. The van der Waals surface area contributed by atoms with Crippen molar-refractivity contribution in [2.75, 3.05) is 5.75 Å². The van der Waals surface area contributed by atoms with Crippen molar-refractivity contribution in [1.29, 1.82) is 0 Å². The van der Waals surface area contributed by atoms with Gasteiger partial charge in [-0.25, -0.2) is 12.8 Å². The number of aryl methyl sites for hydroxylation is 1. The van der Waals surface area contributed by atoms with Crippen LogP contribution in [0.4, 0.5) is 4.39 Å². The van der Waals surface area contributed by atoms with Crippen LogP contribution in [0.15, 0.2) is 18.2 Å². The van der Waals surface area contributed by atoms with E-state index in [0.29, 0.717) is 12.8 Å². The molecular weight excluding hydrogens is 279 g/mol. The highest BCUT2D eigenvalue weighted by Crippen LogP contribution is 2.24. The number of nitrogens with one attached hydrogen (secondary N) is 1. The van der Waals surface area contributed by atoms with E-state index in [0.717, 1.165) is 24.0 Å². The maximum atomic E-state index is 13.3. The summed E-state index contributed by atoms with van der Waals surface area (Å²) in [6, 6.07) is 4.19. The minimum Gasteiger partial charge on any atom is -0.271 e. The Morgan fingerprint density at radius 1 is 1.45 bits per heavy atom. The molecule has 0 aromatic heterocycles. The predicted molar refractivity (Wildman–Crippen MR) is 77.4 cm³/mol. The van der Waals surface area contributed by atoms with Gasteiger partial charge < -0.3 is 0 Å². The maximum absolute atomic E-state index is 13.3. The van der Waals surface area contributed by atoms with Gasteiger partial charge in [-0.3, -0.25) is 11.3 Å². The van der Waals surface area contributed by atoms with Gasteiger partial charge in [0.15, 0.2) is 9.84 Å². The third-order valence-corrected chi connectivity index (χ3v) is 6.39. The molecule has 2 unspecified atom stereocenters. The lowest BCUT2D eigenvalue weighted by molar-refractivity contribution is 0.439. The Balaban J connectivity index is 2.22. The van der Waals surface area contributed by atoms with Crippen LogP contribution < -0.4 is 11.3 Å². The van der Waals surface area contributed by atoms with Gasteiger partial charge in [-0.2, -0.15) is 0 Å². The molecule has 1 heterocycles. The quantitative estimate of drug-likeness (QED) is 0.652. The number of rotatable bonds is 4. The van der Waals surface area contributed by atoms with Crippen LogP contribution in [0.2, 0.25) is 0 Å². The van der Waals surface area contributed by atoms with Gasteiger partial charge >= 0.3 is 0 Å². The van der Waals surface area contributed by atoms with Gasteiger partial charge in [0.2, 0.25) is 0 Å². The van der Waals surface area contributed by atoms with E-state index in [4.69, 9.17) is 5.84 Å². The molecule has 112 valence electrons. The van der Waals surface area contributed by atoms with E-state index < -0.39 is 15.1 Å². The second-order valence-corrected chi connectivity index (χ2v) is 7.79. The molecule has 4 nitrogen and oxygen atoms in total. The Bertz CT molecular complexity index is 575. The molecule has 6 heteroatoms. The number of nitrogens with two attached hydrogens (primary N) is 1. The Labute approximate surface area is 119 Å². The van der Waals surface area contributed by atoms with E-state index in [-0.39, 0.29) is 17.6 Å². The van der Waals surface area contributed by atoms with Crippen LogP contribution in [0, 0.1) is 12.7 Å². The zero-order chi connectivity index (χ0) is 14.8. The van der Waals surface area contributed by atoms with Crippen molar-refractivity contribution < 1.29 is 12.8 Å². The average Bonchev–Trinajstić information content (AvgIpc) is 2.40. The lowest BCUT2D eigenvalue weighted by Gasteiger charge is -2.30. The fourth-order valence-electron chi connectivity index (χ4n) is 2.83. The van der Waals surface area contributed by atoms with Gasteiger partial charge in [0.25, 0.3) is 0 Å². The summed E-state index contributed by atoms with van der Waals surface area (Å²) in [5.41, 5.74) is 4.37. The molecular formula is C14H21FN2O2S. The van der Waals surface area contributed by atoms with Crippen LogP contribution in [-0.4, -0.2) is 25.5 Å². The first kappa shape index (κ1) is 15.4. The summed E-state index contributed by atoms with van der Waals surface area (Å²) in [7, 11) is -3.11. The van der Waals surface area contributed by atoms with Crippen LogP contribution in [0.25, 0.3) is 0 Å². The predicted octanol–water partition coefficient (Wildman–Crippen LogP) is 1.48. The summed E-state index contributed by atoms with van der Waals surface area (Å²) in [6.45, 7) is 1.89. The first-order valence-electron chi connectivity index (χ1n) is 6.87. The molecule has 0 radical (unpaired) electrons. The van der Waals surface area contributed by atoms with Crippen LogP contribution in [0.1, 0.15) is 30.4 Å². The van der Waals surface area contributed by atoms with Crippen molar-refractivity contribution in [3.63, 3.8) is 0 Å². The van der Waals surface area contributed by atoms with Crippen LogP contribution in [-0.2, 0) is 16.3 Å². The van der Waals surface area contributed by atoms with Crippen molar-refractivity contribution >= 4 is 9.84 Å². The minimum atomic E-state index is -3.11. The monoisotopic (exact) mass is 300 g/mol. The molecule has 1 fully saturated rings. The molecule has 0 amide bonds. The fourth-order valence-corrected chi connectivity index (χ4v) is 4.94. The first-order valence-corrected chi connectivity index (χ1v) is 8.58. The van der Waals surface area contributed by atoms with E-state index in [1.165, 1.54) is 12.1 Å². The molecule has 0 spiro atoms. The number of hydrogen-bond acceptors (Lipinski definition) is 4. The van der Waals surface area contributed by atoms with E-state index >= 15 is 0 Å². The van der Waals surface area contributed by atoms with Crippen molar-refractivity contribution in [3.05, 3.63) is 35.1 Å². The van der Waals surface area contributed by atoms with Gasteiger partial charge in [0.05, 0.1) is 11.0 Å². The van der Waals surface area contributed by atoms with Crippen molar-refractivity contribution in [3.8, 4) is 0 Å². The highest BCUT2D eigenvalue weighted by molar-refractivity contribution is 7.92. The molecule has 2 rings (SSSR count). The van der Waals surface area contributed by atoms with Crippen molar-refractivity contribution in [1.82, 2.24) is 5.43 Å². The number of hydrogen-bond donors (Lipinski definition) is 2. The van der Waals surface area contributed by atoms with Gasteiger partial charge in [0, 0.05) is 6.04 Å². The van der Waals surface area contributed by atoms with E-state index in [2.05, 4.69) is 5.43 Å². The zero-order valence-electron chi connectivity index (χ0n) is 11.6. The van der Waals surface area contributed by atoms with Gasteiger partial charge in [-0.15, -0.1) is 0 Å². The van der Waals surface area contributed by atoms with Crippen LogP contribution in [0.3, 0.4) is 0 Å². The highest BCUT2D eigenvalue weighted by atomic mass is 32.2. The van der Waals surface area contributed by atoms with E-state index in [1.807, 2.05) is 6.92 Å². The standard InChI is InChI=1S/C14H21FN2O2S/c1-10-5-6-12(15)8-11(10)9-13(17-16)14-4-2-3-7-20(14,18)19/h5-6,8,13-14,17H,2-4,7,9,16H2,1H3. The maximum Gasteiger partial charge on any atom is 0.154 e. The number of sulfone groups is 1. The number of benzene rings is 1. The molecule has 1 aliphatic heterocycles. The lowest BCUT2D eigenvalue weighted by Crippen LogP contribution is -2.50. The van der Waals surface area contributed by atoms with Gasteiger partial charge in [-0.05, 0) is 49.4 Å². The van der Waals surface area contributed by atoms with Crippen molar-refractivity contribution in [2.24, 2.45) is 5.84 Å². The Hall–Kier alpha value is -0.980. The molecule has 1 aromatic carbocycles. The molecule has 0 saturated carbocycles. The molecule has 0 bridgehead atoms. The number of hydrazine groups is 1. The molecule has 0 aliphatic carbocycles. The van der Waals surface area contributed by atoms with E-state index in [1.54, 1.807) is 6.07 Å². The molecule has 1 aliphatic rings. The summed E-state index contributed by atoms with van der Waals surface area (Å²) in [6.07, 6.45) is 2.65. The molecule has 20 heavy (non-hydrogen) atoms. The lowest BCUT2D eigenvalue weighted by atomic mass is 9.97. The van der Waals surface area contributed by atoms with Crippen molar-refractivity contribution in [2.45, 2.75) is 43.9 Å². The largest absolute Gasteiger partial charge is 0.271 e. The van der Waals surface area contributed by atoms with E-state index in [9.17, 15) is 12.8 Å². The topological polar surface area (TPSA) is 72.2 Å². The fraction of sp³-hybridized carbons (Fsp3) is 0.571. The first-order chi connectivity index (χ1) is 9.44. The summed E-state index contributed by atoms with van der Waals surface area (Å²) in [5.74, 6) is 5.46. The summed E-state index contributed by atoms with van der Waals surface area (Å²) >= 11 is 0. The van der Waals surface area contributed by atoms with Crippen LogP contribution in [0.5, 0.6) is 0 Å². The van der Waals surface area contributed by atoms with Gasteiger partial charge in [-0.1, -0.05) is 12.5 Å². The summed E-state index contributed by atoms with van der Waals surface area (Å²) < 4.78 is 37.6. The Morgan fingerprint density at radius 3 is 2.85 bits per heavy atom. The highest BCUT2D eigenvalue weighted by Gasteiger charge is 2.35. The third kappa shape index (κ3) is 3.37. The van der Waals surface area contributed by atoms with Crippen LogP contribution >= 0.6 is 0 Å². The van der Waals surface area contributed by atoms with Gasteiger partial charge in [0.1, 0.15) is 5.82 Å². The average molecular weight is 300 g/mol.